The fraction of sp³-hybridized carbons (Fsp3) is 0.968. The molecule has 0 amide bonds. The molecule has 33 heavy (non-hydrogen) atoms. The van der Waals surface area contributed by atoms with E-state index < -0.39 is 0 Å². The minimum Gasteiger partial charge on any atom is -0.384 e. The second-order valence-electron chi connectivity index (χ2n) is 15.1. The molecule has 188 valence electrons. The quantitative estimate of drug-likeness (QED) is 0.431. The van der Waals surface area contributed by atoms with E-state index in [1.807, 2.05) is 7.11 Å². The number of ether oxygens (including phenoxy) is 1. The fourth-order valence-corrected chi connectivity index (χ4v) is 11.9. The molecule has 0 bridgehead atoms. The highest BCUT2D eigenvalue weighted by molar-refractivity contribution is 5.85. The van der Waals surface area contributed by atoms with E-state index in [1.54, 1.807) is 0 Å². The first-order valence-electron chi connectivity index (χ1n) is 14.4. The molecule has 0 N–H and O–H groups in total. The highest BCUT2D eigenvalue weighted by atomic mass is 16.5. The molecule has 4 unspecified atom stereocenters. The highest BCUT2D eigenvalue weighted by Crippen LogP contribution is 2.77. The summed E-state index contributed by atoms with van der Waals surface area (Å²) in [4.78, 5) is 13.0. The van der Waals surface area contributed by atoms with E-state index in [9.17, 15) is 4.79 Å². The SMILES string of the molecule is COC[C@]12CC[C@@H](C(C)C)C1C1CCC3[C@@]4(C)CCC(=O)C(C)(C)C4CC[C@@]3(C)[C@]1(C)CC2. The van der Waals surface area contributed by atoms with Crippen molar-refractivity contribution < 1.29 is 9.53 Å². The third-order valence-corrected chi connectivity index (χ3v) is 13.7. The number of rotatable bonds is 3. The predicted octanol–water partition coefficient (Wildman–Crippen LogP) is 7.94. The zero-order valence-corrected chi connectivity index (χ0v) is 23.1. The van der Waals surface area contributed by atoms with Crippen LogP contribution in [0.15, 0.2) is 0 Å². The van der Waals surface area contributed by atoms with Crippen LogP contribution in [0.2, 0.25) is 0 Å². The summed E-state index contributed by atoms with van der Waals surface area (Å²) in [7, 11) is 1.94. The van der Waals surface area contributed by atoms with Crippen molar-refractivity contribution in [3.63, 3.8) is 0 Å². The van der Waals surface area contributed by atoms with Gasteiger partial charge >= 0.3 is 0 Å². The summed E-state index contributed by atoms with van der Waals surface area (Å²) < 4.78 is 5.95. The summed E-state index contributed by atoms with van der Waals surface area (Å²) in [6, 6.07) is 0. The number of carbonyl (C=O) groups is 1. The van der Waals surface area contributed by atoms with Crippen molar-refractivity contribution in [3.8, 4) is 0 Å². The monoisotopic (exact) mass is 456 g/mol. The molecule has 2 nitrogen and oxygen atoms in total. The lowest BCUT2D eigenvalue weighted by Gasteiger charge is -2.72. The van der Waals surface area contributed by atoms with Crippen LogP contribution in [-0.4, -0.2) is 19.5 Å². The predicted molar refractivity (Wildman–Crippen MR) is 136 cm³/mol. The van der Waals surface area contributed by atoms with Gasteiger partial charge in [0.05, 0.1) is 6.61 Å². The van der Waals surface area contributed by atoms with Gasteiger partial charge in [0.2, 0.25) is 0 Å². The van der Waals surface area contributed by atoms with Crippen LogP contribution in [0.1, 0.15) is 113 Å². The van der Waals surface area contributed by atoms with Crippen molar-refractivity contribution >= 4 is 5.78 Å². The first-order chi connectivity index (χ1) is 15.4. The molecule has 0 aliphatic heterocycles. The second-order valence-corrected chi connectivity index (χ2v) is 15.1. The maximum absolute atomic E-state index is 13.0. The van der Waals surface area contributed by atoms with Crippen LogP contribution in [0.4, 0.5) is 0 Å². The van der Waals surface area contributed by atoms with Crippen molar-refractivity contribution in [2.24, 2.45) is 62.6 Å². The molecular formula is C31H52O2. The zero-order valence-electron chi connectivity index (χ0n) is 23.1. The Bertz CT molecular complexity index is 799. The molecule has 0 radical (unpaired) electrons. The van der Waals surface area contributed by atoms with E-state index in [1.165, 1.54) is 51.4 Å². The molecule has 5 aliphatic rings. The molecule has 0 saturated heterocycles. The lowest BCUT2D eigenvalue weighted by molar-refractivity contribution is -0.238. The molecule has 0 aromatic rings. The smallest absolute Gasteiger partial charge is 0.138 e. The van der Waals surface area contributed by atoms with E-state index >= 15 is 0 Å². The van der Waals surface area contributed by atoms with Gasteiger partial charge in [0, 0.05) is 18.9 Å². The van der Waals surface area contributed by atoms with Gasteiger partial charge in [-0.15, -0.1) is 0 Å². The van der Waals surface area contributed by atoms with Gasteiger partial charge in [0.25, 0.3) is 0 Å². The van der Waals surface area contributed by atoms with Crippen LogP contribution in [0, 0.1) is 62.6 Å². The minimum absolute atomic E-state index is 0.138. The van der Waals surface area contributed by atoms with E-state index in [0.29, 0.717) is 33.4 Å². The van der Waals surface area contributed by atoms with Gasteiger partial charge in [-0.05, 0) is 115 Å². The molecule has 0 spiro atoms. The maximum Gasteiger partial charge on any atom is 0.138 e. The van der Waals surface area contributed by atoms with Crippen molar-refractivity contribution in [3.05, 3.63) is 0 Å². The summed E-state index contributed by atoms with van der Waals surface area (Å²) in [6.45, 7) is 18.6. The van der Waals surface area contributed by atoms with Gasteiger partial charge in [-0.3, -0.25) is 4.79 Å². The van der Waals surface area contributed by atoms with Crippen molar-refractivity contribution in [2.75, 3.05) is 13.7 Å². The first kappa shape index (κ1) is 24.3. The van der Waals surface area contributed by atoms with Crippen LogP contribution >= 0.6 is 0 Å². The van der Waals surface area contributed by atoms with Crippen molar-refractivity contribution in [2.45, 2.75) is 113 Å². The number of hydrogen-bond acceptors (Lipinski definition) is 2. The third-order valence-electron chi connectivity index (χ3n) is 13.7. The molecule has 0 aromatic heterocycles. The minimum atomic E-state index is -0.138. The van der Waals surface area contributed by atoms with Gasteiger partial charge in [-0.2, -0.15) is 0 Å². The topological polar surface area (TPSA) is 26.3 Å². The van der Waals surface area contributed by atoms with Crippen LogP contribution < -0.4 is 0 Å². The van der Waals surface area contributed by atoms with E-state index in [4.69, 9.17) is 4.74 Å². The molecule has 0 heterocycles. The molecular weight excluding hydrogens is 404 g/mol. The van der Waals surface area contributed by atoms with E-state index in [-0.39, 0.29) is 5.41 Å². The lowest BCUT2D eigenvalue weighted by Crippen LogP contribution is -2.66. The van der Waals surface area contributed by atoms with Crippen molar-refractivity contribution in [1.82, 2.24) is 0 Å². The van der Waals surface area contributed by atoms with Gasteiger partial charge in [-0.1, -0.05) is 48.5 Å². The maximum atomic E-state index is 13.0. The highest BCUT2D eigenvalue weighted by Gasteiger charge is 2.70. The summed E-state index contributed by atoms with van der Waals surface area (Å²) in [5.41, 5.74) is 1.44. The molecule has 5 rings (SSSR count). The Morgan fingerprint density at radius 1 is 0.848 bits per heavy atom. The normalized spacial score (nSPS) is 53.2. The third kappa shape index (κ3) is 2.97. The van der Waals surface area contributed by atoms with Crippen LogP contribution in [0.5, 0.6) is 0 Å². The Kier molecular flexibility index (Phi) is 5.58. The van der Waals surface area contributed by atoms with Gasteiger partial charge in [0.15, 0.2) is 0 Å². The first-order valence-corrected chi connectivity index (χ1v) is 14.4. The molecule has 5 saturated carbocycles. The standard InChI is InChI=1S/C31H52O2/c1-20(2)21-11-16-31(19-33-8)18-17-29(6)22(26(21)31)9-10-24-28(5)14-13-25(32)27(3,4)23(28)12-15-30(24,29)7/h20-24,26H,9-19H2,1-8H3/t21-,22?,23?,24?,26?,28-,29+,30+,31+/m0/s1. The number of carbonyl (C=O) groups excluding carboxylic acids is 1. The summed E-state index contributed by atoms with van der Waals surface area (Å²) in [5, 5.41) is 0. The largest absolute Gasteiger partial charge is 0.384 e. The Morgan fingerprint density at radius 3 is 2.24 bits per heavy atom. The number of methoxy groups -OCH3 is 1. The van der Waals surface area contributed by atoms with E-state index in [2.05, 4.69) is 48.5 Å². The van der Waals surface area contributed by atoms with Gasteiger partial charge in [0.1, 0.15) is 5.78 Å². The molecule has 9 atom stereocenters. The molecule has 2 heteroatoms. The Hall–Kier alpha value is -0.370. The lowest BCUT2D eigenvalue weighted by atomic mass is 9.32. The van der Waals surface area contributed by atoms with Gasteiger partial charge in [-0.25, -0.2) is 0 Å². The summed E-state index contributed by atoms with van der Waals surface area (Å²) in [6.07, 6.45) is 12.9. The average Bonchev–Trinajstić information content (AvgIpc) is 3.12. The van der Waals surface area contributed by atoms with Crippen LogP contribution in [-0.2, 0) is 9.53 Å². The molecule has 0 aromatic carbocycles. The van der Waals surface area contributed by atoms with Crippen LogP contribution in [0.3, 0.4) is 0 Å². The number of ketones is 1. The summed E-state index contributed by atoms with van der Waals surface area (Å²) in [5.74, 6) is 5.19. The van der Waals surface area contributed by atoms with Gasteiger partial charge < -0.3 is 4.74 Å². The number of hydrogen-bond donors (Lipinski definition) is 0. The Morgan fingerprint density at radius 2 is 1.58 bits per heavy atom. The molecule has 5 fully saturated rings. The summed E-state index contributed by atoms with van der Waals surface area (Å²) >= 11 is 0. The second kappa shape index (κ2) is 7.57. The zero-order chi connectivity index (χ0) is 24.0. The van der Waals surface area contributed by atoms with Crippen LogP contribution in [0.25, 0.3) is 0 Å². The fourth-order valence-electron chi connectivity index (χ4n) is 11.9. The van der Waals surface area contributed by atoms with Crippen molar-refractivity contribution in [1.29, 1.82) is 0 Å². The molecule has 5 aliphatic carbocycles. The Labute approximate surface area is 204 Å². The number of fused-ring (bicyclic) bond motifs is 7. The Balaban J connectivity index is 1.54. The van der Waals surface area contributed by atoms with E-state index in [0.717, 1.165) is 49.0 Å². The number of Topliss-reactive ketones (excluding diaryl/α,β-unsaturated/α-hetero) is 1. The average molecular weight is 457 g/mol.